The first-order valence-corrected chi connectivity index (χ1v) is 14.4. The lowest BCUT2D eigenvalue weighted by Gasteiger charge is -2.48. The van der Waals surface area contributed by atoms with Crippen molar-refractivity contribution in [3.8, 4) is 5.75 Å². The summed E-state index contributed by atoms with van der Waals surface area (Å²) < 4.78 is 34.6. The highest BCUT2D eigenvalue weighted by atomic mass is 32.2. The van der Waals surface area contributed by atoms with Gasteiger partial charge in [-0.25, -0.2) is 13.9 Å². The van der Waals surface area contributed by atoms with Crippen LogP contribution in [0.1, 0.15) is 34.6 Å². The number of rotatable bonds is 9. The van der Waals surface area contributed by atoms with Crippen molar-refractivity contribution >= 4 is 21.8 Å². The number of hydrogen-bond donors (Lipinski definition) is 3. The highest BCUT2D eigenvalue weighted by Crippen LogP contribution is 2.33. The van der Waals surface area contributed by atoms with Gasteiger partial charge in [-0.1, -0.05) is 38.2 Å². The standard InChI is InChI=1S/C28H36N4O6S/c1-18(2)26(33)31-16-28(17-31,27(34)29-35)30-39(36,37)23-12-10-22(11-13-23)38-15-21-14-20(5)32(19(3)4)25-9-7-6-8-24(21)25/h6-14,18-19,25,30,35H,15-17H2,1-5H3,(H,29,34). The average Bonchev–Trinajstić information content (AvgIpc) is 2.88. The van der Waals surface area contributed by atoms with E-state index in [0.29, 0.717) is 18.4 Å². The fourth-order valence-electron chi connectivity index (χ4n) is 5.23. The van der Waals surface area contributed by atoms with E-state index >= 15 is 0 Å². The Kier molecular flexibility index (Phi) is 8.06. The molecule has 2 heterocycles. The summed E-state index contributed by atoms with van der Waals surface area (Å²) in [7, 11) is -4.15. The Morgan fingerprint density at radius 3 is 2.38 bits per heavy atom. The number of hydrogen-bond acceptors (Lipinski definition) is 7. The van der Waals surface area contributed by atoms with E-state index in [1.54, 1.807) is 26.0 Å². The van der Waals surface area contributed by atoms with Gasteiger partial charge in [-0.05, 0) is 62.3 Å². The van der Waals surface area contributed by atoms with Crippen LogP contribution >= 0.6 is 0 Å². The summed E-state index contributed by atoms with van der Waals surface area (Å²) in [6.07, 6.45) is 10.4. The smallest absolute Gasteiger partial charge is 0.268 e. The van der Waals surface area contributed by atoms with Gasteiger partial charge >= 0.3 is 0 Å². The molecule has 210 valence electrons. The van der Waals surface area contributed by atoms with Crippen LogP contribution in [0.4, 0.5) is 0 Å². The Labute approximate surface area is 229 Å². The van der Waals surface area contributed by atoms with Crippen molar-refractivity contribution in [2.75, 3.05) is 19.7 Å². The van der Waals surface area contributed by atoms with Crippen LogP contribution in [0, 0.1) is 5.92 Å². The van der Waals surface area contributed by atoms with Gasteiger partial charge in [-0.3, -0.25) is 14.8 Å². The summed E-state index contributed by atoms with van der Waals surface area (Å²) in [5.74, 6) is -0.949. The second kappa shape index (κ2) is 11.0. The Bertz CT molecular complexity index is 1350. The molecule has 10 nitrogen and oxygen atoms in total. The molecule has 0 radical (unpaired) electrons. The van der Waals surface area contributed by atoms with Crippen molar-refractivity contribution in [3.63, 3.8) is 0 Å². The van der Waals surface area contributed by atoms with Gasteiger partial charge in [0.25, 0.3) is 5.91 Å². The molecule has 3 N–H and O–H groups in total. The number of likely N-dealkylation sites (tertiary alicyclic amines) is 1. The van der Waals surface area contributed by atoms with Gasteiger partial charge in [-0.2, -0.15) is 4.72 Å². The van der Waals surface area contributed by atoms with Crippen LogP contribution < -0.4 is 14.9 Å². The Balaban J connectivity index is 1.46. The maximum atomic E-state index is 13.1. The molecule has 2 aliphatic heterocycles. The molecule has 3 aliphatic rings. The largest absolute Gasteiger partial charge is 0.489 e. The summed E-state index contributed by atoms with van der Waals surface area (Å²) in [5.41, 5.74) is 3.22. The summed E-state index contributed by atoms with van der Waals surface area (Å²) in [6, 6.07) is 6.38. The molecule has 1 fully saturated rings. The van der Waals surface area contributed by atoms with E-state index in [0.717, 1.165) is 16.8 Å². The van der Waals surface area contributed by atoms with Crippen LogP contribution in [0.5, 0.6) is 5.75 Å². The van der Waals surface area contributed by atoms with Gasteiger partial charge in [0.05, 0.1) is 24.0 Å². The van der Waals surface area contributed by atoms with Gasteiger partial charge in [-0.15, -0.1) is 0 Å². The lowest BCUT2D eigenvalue weighted by molar-refractivity contribution is -0.152. The molecule has 0 aromatic heterocycles. The van der Waals surface area contributed by atoms with E-state index in [9.17, 15) is 23.2 Å². The number of nitrogens with zero attached hydrogens (tertiary/aromatic N) is 2. The zero-order valence-corrected chi connectivity index (χ0v) is 23.7. The van der Waals surface area contributed by atoms with Gasteiger partial charge in [0, 0.05) is 17.7 Å². The molecule has 1 atom stereocenters. The molecule has 0 saturated carbocycles. The zero-order chi connectivity index (χ0) is 28.5. The first-order chi connectivity index (χ1) is 18.4. The van der Waals surface area contributed by atoms with Crippen molar-refractivity contribution < 1.29 is 28.0 Å². The second-order valence-corrected chi connectivity index (χ2v) is 12.4. The van der Waals surface area contributed by atoms with Crippen molar-refractivity contribution in [2.24, 2.45) is 5.92 Å². The minimum absolute atomic E-state index is 0.0722. The van der Waals surface area contributed by atoms with E-state index in [4.69, 9.17) is 4.74 Å². The van der Waals surface area contributed by atoms with Crippen LogP contribution in [-0.2, 0) is 19.6 Å². The fourth-order valence-corrected chi connectivity index (χ4v) is 6.58. The van der Waals surface area contributed by atoms with Crippen molar-refractivity contribution in [1.29, 1.82) is 0 Å². The predicted molar refractivity (Wildman–Crippen MR) is 146 cm³/mol. The monoisotopic (exact) mass is 556 g/mol. The van der Waals surface area contributed by atoms with Gasteiger partial charge in [0.2, 0.25) is 15.9 Å². The maximum absolute atomic E-state index is 13.1. The van der Waals surface area contributed by atoms with Crippen LogP contribution in [0.3, 0.4) is 0 Å². The Morgan fingerprint density at radius 1 is 1.13 bits per heavy atom. The van der Waals surface area contributed by atoms with E-state index in [-0.39, 0.29) is 35.9 Å². The highest BCUT2D eigenvalue weighted by Gasteiger charge is 2.53. The second-order valence-electron chi connectivity index (χ2n) is 10.7. The van der Waals surface area contributed by atoms with Crippen LogP contribution in [0.15, 0.2) is 76.4 Å². The molecule has 1 saturated heterocycles. The minimum atomic E-state index is -4.15. The zero-order valence-electron chi connectivity index (χ0n) is 22.8. The number of carbonyl (C=O) groups is 2. The SMILES string of the molecule is CC1=CC(COc2ccc(S(=O)(=O)NC3(C(=O)NO)CN(C(=O)C(C)C)C3)cc2)=C2C=CC=CC2N1C(C)C. The lowest BCUT2D eigenvalue weighted by atomic mass is 9.89. The Morgan fingerprint density at radius 2 is 1.79 bits per heavy atom. The molecule has 1 aromatic carbocycles. The highest BCUT2D eigenvalue weighted by molar-refractivity contribution is 7.89. The number of nitrogens with one attached hydrogen (secondary N) is 2. The first kappa shape index (κ1) is 28.6. The summed E-state index contributed by atoms with van der Waals surface area (Å²) in [5, 5.41) is 9.20. The minimum Gasteiger partial charge on any atom is -0.489 e. The molecule has 39 heavy (non-hydrogen) atoms. The van der Waals surface area contributed by atoms with E-state index in [2.05, 4.69) is 48.6 Å². The number of sulfonamides is 1. The number of benzene rings is 1. The van der Waals surface area contributed by atoms with Crippen molar-refractivity contribution in [2.45, 2.75) is 57.1 Å². The Hall–Kier alpha value is -3.41. The molecule has 0 bridgehead atoms. The molecule has 1 unspecified atom stereocenters. The molecule has 2 amide bonds. The van der Waals surface area contributed by atoms with Crippen LogP contribution in [0.25, 0.3) is 0 Å². The molecule has 1 aromatic rings. The maximum Gasteiger partial charge on any atom is 0.268 e. The van der Waals surface area contributed by atoms with Gasteiger partial charge in [0.15, 0.2) is 0 Å². The molecule has 11 heteroatoms. The molecule has 1 aliphatic carbocycles. The third-order valence-electron chi connectivity index (χ3n) is 7.14. The average molecular weight is 557 g/mol. The third kappa shape index (κ3) is 5.66. The number of amides is 2. The van der Waals surface area contributed by atoms with Gasteiger partial charge in [0.1, 0.15) is 17.9 Å². The lowest BCUT2D eigenvalue weighted by Crippen LogP contribution is -2.77. The van der Waals surface area contributed by atoms with E-state index in [1.807, 2.05) is 12.2 Å². The van der Waals surface area contributed by atoms with Gasteiger partial charge < -0.3 is 14.5 Å². The van der Waals surface area contributed by atoms with Crippen LogP contribution in [0.2, 0.25) is 0 Å². The van der Waals surface area contributed by atoms with E-state index in [1.165, 1.54) is 22.5 Å². The number of ether oxygens (including phenoxy) is 1. The predicted octanol–water partition coefficient (Wildman–Crippen LogP) is 2.51. The normalized spacial score (nSPS) is 20.1. The van der Waals surface area contributed by atoms with Crippen molar-refractivity contribution in [1.82, 2.24) is 20.0 Å². The molecule has 0 spiro atoms. The first-order valence-electron chi connectivity index (χ1n) is 12.9. The molecular weight excluding hydrogens is 520 g/mol. The number of hydroxylamine groups is 1. The summed E-state index contributed by atoms with van der Waals surface area (Å²) in [4.78, 5) is 28.3. The topological polar surface area (TPSA) is 128 Å². The molecule has 4 rings (SSSR count). The summed E-state index contributed by atoms with van der Waals surface area (Å²) >= 11 is 0. The third-order valence-corrected chi connectivity index (χ3v) is 8.69. The van der Waals surface area contributed by atoms with Crippen LogP contribution in [-0.4, -0.2) is 72.6 Å². The molecular formula is C28H36N4O6S. The van der Waals surface area contributed by atoms with E-state index < -0.39 is 21.5 Å². The number of carbonyl (C=O) groups excluding carboxylic acids is 2. The summed E-state index contributed by atoms with van der Waals surface area (Å²) in [6.45, 7) is 9.80. The number of allylic oxidation sites excluding steroid dienone is 3. The van der Waals surface area contributed by atoms with Crippen molar-refractivity contribution in [3.05, 3.63) is 71.5 Å². The number of fused-ring (bicyclic) bond motifs is 1. The fraction of sp³-hybridized carbons (Fsp3) is 0.429. The quantitative estimate of drug-likeness (QED) is 0.315.